The molecule has 0 aromatic rings. The maximum Gasteiger partial charge on any atom is 0.317 e. The third-order valence-corrected chi connectivity index (χ3v) is 3.38. The molecule has 5 heteroatoms. The number of aliphatic carboxylic acids is 1. The number of hydrogen-bond acceptors (Lipinski definition) is 4. The Morgan fingerprint density at radius 1 is 1.47 bits per heavy atom. The van der Waals surface area contributed by atoms with Crippen molar-refractivity contribution in [3.63, 3.8) is 0 Å². The Balaban J connectivity index is 1.79. The van der Waals surface area contributed by atoms with Crippen LogP contribution in [0.1, 0.15) is 12.8 Å². The Hall–Kier alpha value is -0.650. The first-order chi connectivity index (χ1) is 8.13. The average molecular weight is 242 g/mol. The number of carboxylic acid groups (broad SMARTS) is 1. The van der Waals surface area contributed by atoms with Crippen molar-refractivity contribution in [2.75, 3.05) is 46.4 Å². The summed E-state index contributed by atoms with van der Waals surface area (Å²) in [7, 11) is 2.08. The molecular weight excluding hydrogens is 220 g/mol. The lowest BCUT2D eigenvalue weighted by Gasteiger charge is -2.33. The lowest BCUT2D eigenvalue weighted by molar-refractivity contribution is -0.139. The molecule has 5 nitrogen and oxygen atoms in total. The summed E-state index contributed by atoms with van der Waals surface area (Å²) >= 11 is 0. The summed E-state index contributed by atoms with van der Waals surface area (Å²) in [5, 5.41) is 8.91. The van der Waals surface area contributed by atoms with Crippen LogP contribution in [0, 0.1) is 5.92 Å². The summed E-state index contributed by atoms with van der Waals surface area (Å²) in [5.74, 6) is -0.0227. The van der Waals surface area contributed by atoms with Gasteiger partial charge < -0.3 is 14.7 Å². The van der Waals surface area contributed by atoms with E-state index in [9.17, 15) is 4.79 Å². The van der Waals surface area contributed by atoms with Crippen LogP contribution in [0.5, 0.6) is 0 Å². The fourth-order valence-corrected chi connectivity index (χ4v) is 2.33. The van der Waals surface area contributed by atoms with Gasteiger partial charge in [0.05, 0.1) is 19.3 Å². The van der Waals surface area contributed by atoms with Crippen LogP contribution in [0.2, 0.25) is 0 Å². The van der Waals surface area contributed by atoms with Crippen LogP contribution in [0.3, 0.4) is 0 Å². The van der Waals surface area contributed by atoms with E-state index in [1.54, 1.807) is 0 Å². The fourth-order valence-electron chi connectivity index (χ4n) is 2.33. The van der Waals surface area contributed by atoms with Gasteiger partial charge in [-0.05, 0) is 25.8 Å². The van der Waals surface area contributed by atoms with Crippen molar-refractivity contribution >= 4 is 5.97 Å². The van der Waals surface area contributed by atoms with E-state index in [1.165, 1.54) is 12.8 Å². The van der Waals surface area contributed by atoms with E-state index in [0.717, 1.165) is 38.7 Å². The molecule has 2 rings (SSSR count). The molecule has 0 bridgehead atoms. The van der Waals surface area contributed by atoms with Gasteiger partial charge in [0, 0.05) is 26.2 Å². The van der Waals surface area contributed by atoms with Gasteiger partial charge in [-0.2, -0.15) is 0 Å². The number of hydrogen-bond donors (Lipinski definition) is 1. The summed E-state index contributed by atoms with van der Waals surface area (Å²) in [6.07, 6.45) is 2.66. The smallest absolute Gasteiger partial charge is 0.317 e. The maximum absolute atomic E-state index is 10.8. The van der Waals surface area contributed by atoms with Crippen molar-refractivity contribution in [3.8, 4) is 0 Å². The van der Waals surface area contributed by atoms with Crippen molar-refractivity contribution in [2.24, 2.45) is 5.92 Å². The minimum atomic E-state index is -0.741. The summed E-state index contributed by atoms with van der Waals surface area (Å²) in [5.41, 5.74) is 0. The van der Waals surface area contributed by atoms with Crippen LogP contribution in [0.25, 0.3) is 0 Å². The monoisotopic (exact) mass is 242 g/mol. The standard InChI is InChI=1S/C12H22N2O3/c1-13-4-5-17-11(7-13)8-14(9-12(15)16)6-10-2-3-10/h10-11H,2-9H2,1H3,(H,15,16). The van der Waals surface area contributed by atoms with Gasteiger partial charge in [-0.3, -0.25) is 9.69 Å². The predicted octanol–water partition coefficient (Wildman–Crippen LogP) is 0.114. The first-order valence-corrected chi connectivity index (χ1v) is 6.38. The zero-order valence-electron chi connectivity index (χ0n) is 10.5. The van der Waals surface area contributed by atoms with E-state index in [4.69, 9.17) is 9.84 Å². The van der Waals surface area contributed by atoms with E-state index in [2.05, 4.69) is 11.9 Å². The molecule has 2 fully saturated rings. The average Bonchev–Trinajstić information content (AvgIpc) is 3.00. The van der Waals surface area contributed by atoms with Gasteiger partial charge in [0.25, 0.3) is 0 Å². The van der Waals surface area contributed by atoms with Crippen LogP contribution in [0.4, 0.5) is 0 Å². The number of morpholine rings is 1. The Morgan fingerprint density at radius 2 is 2.24 bits per heavy atom. The van der Waals surface area contributed by atoms with E-state index in [1.807, 2.05) is 4.90 Å². The Kier molecular flexibility index (Phi) is 4.36. The zero-order valence-corrected chi connectivity index (χ0v) is 10.5. The van der Waals surface area contributed by atoms with Crippen molar-refractivity contribution < 1.29 is 14.6 Å². The minimum absolute atomic E-state index is 0.139. The van der Waals surface area contributed by atoms with Crippen molar-refractivity contribution in [1.29, 1.82) is 0 Å². The Labute approximate surface area is 102 Å². The summed E-state index contributed by atoms with van der Waals surface area (Å²) in [6, 6.07) is 0. The van der Waals surface area contributed by atoms with Crippen LogP contribution in [0.15, 0.2) is 0 Å². The minimum Gasteiger partial charge on any atom is -0.480 e. The number of likely N-dealkylation sites (N-methyl/N-ethyl adjacent to an activating group) is 1. The highest BCUT2D eigenvalue weighted by molar-refractivity contribution is 5.69. The number of carbonyl (C=O) groups is 1. The zero-order chi connectivity index (χ0) is 12.3. The van der Waals surface area contributed by atoms with Crippen molar-refractivity contribution in [2.45, 2.75) is 18.9 Å². The Morgan fingerprint density at radius 3 is 2.82 bits per heavy atom. The number of ether oxygens (including phenoxy) is 1. The van der Waals surface area contributed by atoms with Gasteiger partial charge in [0.15, 0.2) is 0 Å². The first kappa shape index (κ1) is 12.8. The Bertz CT molecular complexity index is 268. The molecular formula is C12H22N2O3. The molecule has 1 N–H and O–H groups in total. The molecule has 1 unspecified atom stereocenters. The fraction of sp³-hybridized carbons (Fsp3) is 0.917. The summed E-state index contributed by atoms with van der Waals surface area (Å²) in [4.78, 5) is 15.1. The van der Waals surface area contributed by atoms with E-state index in [0.29, 0.717) is 0 Å². The third kappa shape index (κ3) is 4.61. The van der Waals surface area contributed by atoms with Gasteiger partial charge in [-0.15, -0.1) is 0 Å². The molecule has 98 valence electrons. The number of rotatable bonds is 6. The molecule has 0 spiro atoms. The number of nitrogens with zero attached hydrogens (tertiary/aromatic N) is 2. The van der Waals surface area contributed by atoms with Crippen LogP contribution >= 0.6 is 0 Å². The van der Waals surface area contributed by atoms with Crippen LogP contribution < -0.4 is 0 Å². The predicted molar refractivity (Wildman–Crippen MR) is 64.0 cm³/mol. The molecule has 1 heterocycles. The molecule has 0 aromatic heterocycles. The van der Waals surface area contributed by atoms with Crippen molar-refractivity contribution in [1.82, 2.24) is 9.80 Å². The second-order valence-electron chi connectivity index (χ2n) is 5.29. The third-order valence-electron chi connectivity index (χ3n) is 3.38. The first-order valence-electron chi connectivity index (χ1n) is 6.38. The molecule has 1 saturated heterocycles. The molecule has 0 aromatic carbocycles. The number of carboxylic acids is 1. The maximum atomic E-state index is 10.8. The molecule has 1 aliphatic carbocycles. The van der Waals surface area contributed by atoms with Crippen LogP contribution in [-0.2, 0) is 9.53 Å². The topological polar surface area (TPSA) is 53.0 Å². The van der Waals surface area contributed by atoms with E-state index < -0.39 is 5.97 Å². The molecule has 0 amide bonds. The van der Waals surface area contributed by atoms with Gasteiger partial charge in [-0.25, -0.2) is 0 Å². The van der Waals surface area contributed by atoms with E-state index in [-0.39, 0.29) is 12.6 Å². The van der Waals surface area contributed by atoms with Gasteiger partial charge in [0.1, 0.15) is 0 Å². The quantitative estimate of drug-likeness (QED) is 0.716. The SMILES string of the molecule is CN1CCOC(CN(CC(=O)O)CC2CC2)C1. The highest BCUT2D eigenvalue weighted by atomic mass is 16.5. The molecule has 1 aliphatic heterocycles. The second kappa shape index (κ2) is 5.80. The van der Waals surface area contributed by atoms with Gasteiger partial charge in [-0.1, -0.05) is 0 Å². The highest BCUT2D eigenvalue weighted by Gasteiger charge is 2.28. The largest absolute Gasteiger partial charge is 0.480 e. The summed E-state index contributed by atoms with van der Waals surface area (Å²) in [6.45, 7) is 4.42. The van der Waals surface area contributed by atoms with Crippen molar-refractivity contribution in [3.05, 3.63) is 0 Å². The molecule has 0 radical (unpaired) electrons. The van der Waals surface area contributed by atoms with Gasteiger partial charge >= 0.3 is 5.97 Å². The van der Waals surface area contributed by atoms with E-state index >= 15 is 0 Å². The lowest BCUT2D eigenvalue weighted by atomic mass is 10.2. The normalized spacial score (nSPS) is 26.4. The van der Waals surface area contributed by atoms with Crippen LogP contribution in [-0.4, -0.2) is 73.4 Å². The lowest BCUT2D eigenvalue weighted by Crippen LogP contribution is -2.47. The molecule has 17 heavy (non-hydrogen) atoms. The second-order valence-corrected chi connectivity index (χ2v) is 5.29. The molecule has 1 saturated carbocycles. The highest BCUT2D eigenvalue weighted by Crippen LogP contribution is 2.29. The molecule has 1 atom stereocenters. The summed E-state index contributed by atoms with van der Waals surface area (Å²) < 4.78 is 5.69. The van der Waals surface area contributed by atoms with Gasteiger partial charge in [0.2, 0.25) is 0 Å². The molecule has 2 aliphatic rings.